The fraction of sp³-hybridized carbons (Fsp3) is 0.600. The predicted molar refractivity (Wildman–Crippen MR) is 64.3 cm³/mol. The molecule has 2 rings (SSSR count). The Labute approximate surface area is 108 Å². The zero-order chi connectivity index (χ0) is 13.4. The van der Waals surface area contributed by atoms with Crippen molar-refractivity contribution in [3.63, 3.8) is 0 Å². The van der Waals surface area contributed by atoms with Crippen LogP contribution in [0.25, 0.3) is 0 Å². The summed E-state index contributed by atoms with van der Waals surface area (Å²) in [6, 6.07) is 0. The summed E-state index contributed by atoms with van der Waals surface area (Å²) in [4.78, 5) is 15.3. The number of alkyl halides is 1. The molecule has 0 bridgehead atoms. The van der Waals surface area contributed by atoms with Gasteiger partial charge in [0.15, 0.2) is 6.23 Å². The smallest absolute Gasteiger partial charge is 0.351 e. The fourth-order valence-electron chi connectivity index (χ4n) is 1.85. The van der Waals surface area contributed by atoms with Gasteiger partial charge in [-0.1, -0.05) is 0 Å². The molecule has 8 heteroatoms. The van der Waals surface area contributed by atoms with Crippen molar-refractivity contribution in [2.24, 2.45) is 0 Å². The SMILES string of the molecule is Cc1cn([C@@H]2O[C@H](CCl)[C@@H](O)[C@H]2O)c(=O)nc1N. The quantitative estimate of drug-likeness (QED) is 0.597. The minimum absolute atomic E-state index is 0.0187. The molecule has 0 spiro atoms. The predicted octanol–water partition coefficient (Wildman–Crippen LogP) is -1.01. The first-order chi connectivity index (χ1) is 8.45. The van der Waals surface area contributed by atoms with Gasteiger partial charge in [-0.15, -0.1) is 11.6 Å². The number of nitrogen functional groups attached to an aromatic ring is 1. The van der Waals surface area contributed by atoms with Crippen LogP contribution < -0.4 is 11.4 Å². The molecule has 0 aromatic carbocycles. The minimum atomic E-state index is -1.24. The molecule has 1 saturated heterocycles. The Morgan fingerprint density at radius 3 is 2.78 bits per heavy atom. The Bertz CT molecular complexity index is 506. The lowest BCUT2D eigenvalue weighted by Crippen LogP contribution is -2.36. The van der Waals surface area contributed by atoms with Crippen molar-refractivity contribution in [2.45, 2.75) is 31.5 Å². The first-order valence-electron chi connectivity index (χ1n) is 5.38. The number of halogens is 1. The van der Waals surface area contributed by atoms with E-state index in [0.717, 1.165) is 4.57 Å². The van der Waals surface area contributed by atoms with Crippen LogP contribution in [-0.2, 0) is 4.74 Å². The van der Waals surface area contributed by atoms with Gasteiger partial charge in [-0.05, 0) is 6.92 Å². The van der Waals surface area contributed by atoms with Gasteiger partial charge in [-0.25, -0.2) is 4.79 Å². The van der Waals surface area contributed by atoms with Gasteiger partial charge in [-0.2, -0.15) is 4.98 Å². The van der Waals surface area contributed by atoms with Crippen LogP contribution in [0, 0.1) is 6.92 Å². The van der Waals surface area contributed by atoms with E-state index in [0.29, 0.717) is 5.56 Å². The molecule has 0 radical (unpaired) electrons. The highest BCUT2D eigenvalue weighted by Crippen LogP contribution is 2.29. The van der Waals surface area contributed by atoms with Gasteiger partial charge >= 0.3 is 5.69 Å². The number of ether oxygens (including phenoxy) is 1. The molecular formula is C10H14ClN3O4. The molecule has 1 fully saturated rings. The maximum absolute atomic E-state index is 11.7. The number of anilines is 1. The van der Waals surface area contributed by atoms with Gasteiger partial charge in [0, 0.05) is 11.8 Å². The molecule has 100 valence electrons. The summed E-state index contributed by atoms with van der Waals surface area (Å²) >= 11 is 5.60. The second-order valence-corrected chi connectivity index (χ2v) is 4.51. The minimum Gasteiger partial charge on any atom is -0.387 e. The van der Waals surface area contributed by atoms with Gasteiger partial charge in [0.2, 0.25) is 0 Å². The van der Waals surface area contributed by atoms with Crippen molar-refractivity contribution in [1.29, 1.82) is 0 Å². The van der Waals surface area contributed by atoms with E-state index in [1.807, 2.05) is 0 Å². The molecule has 0 unspecified atom stereocenters. The molecule has 0 amide bonds. The average molecular weight is 276 g/mol. The van der Waals surface area contributed by atoms with Crippen LogP contribution in [0.4, 0.5) is 5.82 Å². The highest BCUT2D eigenvalue weighted by molar-refractivity contribution is 6.18. The van der Waals surface area contributed by atoms with Crippen molar-refractivity contribution >= 4 is 17.4 Å². The largest absolute Gasteiger partial charge is 0.387 e. The molecule has 4 N–H and O–H groups in total. The summed E-state index contributed by atoms with van der Waals surface area (Å²) in [5.41, 5.74) is 5.43. The second kappa shape index (κ2) is 4.85. The Hall–Kier alpha value is -1.15. The van der Waals surface area contributed by atoms with Gasteiger partial charge in [0.25, 0.3) is 0 Å². The van der Waals surface area contributed by atoms with Crippen LogP contribution in [0.1, 0.15) is 11.8 Å². The number of aryl methyl sites for hydroxylation is 1. The summed E-state index contributed by atoms with van der Waals surface area (Å²) in [6.07, 6.45) is -2.69. The third-order valence-corrected chi connectivity index (χ3v) is 3.24. The van der Waals surface area contributed by atoms with E-state index in [4.69, 9.17) is 22.1 Å². The number of rotatable bonds is 2. The maximum atomic E-state index is 11.7. The fourth-order valence-corrected chi connectivity index (χ4v) is 2.10. The van der Waals surface area contributed by atoms with Gasteiger partial charge < -0.3 is 20.7 Å². The van der Waals surface area contributed by atoms with E-state index in [1.54, 1.807) is 6.92 Å². The molecule has 1 aromatic rings. The van der Waals surface area contributed by atoms with Crippen LogP contribution in [0.3, 0.4) is 0 Å². The summed E-state index contributed by atoms with van der Waals surface area (Å²) < 4.78 is 6.45. The molecular weight excluding hydrogens is 262 g/mol. The average Bonchev–Trinajstić information content (AvgIpc) is 2.61. The Morgan fingerprint density at radius 1 is 1.56 bits per heavy atom. The topological polar surface area (TPSA) is 111 Å². The lowest BCUT2D eigenvalue weighted by molar-refractivity contribution is -0.0343. The van der Waals surface area contributed by atoms with Gasteiger partial charge in [0.05, 0.1) is 5.88 Å². The van der Waals surface area contributed by atoms with E-state index >= 15 is 0 Å². The van der Waals surface area contributed by atoms with Crippen molar-refractivity contribution in [1.82, 2.24) is 9.55 Å². The molecule has 0 saturated carbocycles. The highest BCUT2D eigenvalue weighted by atomic mass is 35.5. The molecule has 1 aliphatic heterocycles. The standard InChI is InChI=1S/C10H14ClN3O4/c1-4-3-14(10(17)13-8(4)12)9-7(16)6(15)5(2-11)18-9/h3,5-7,9,15-16H,2H2,1H3,(H2,12,13,17)/t5-,6-,7-,9-/m1/s1. The number of nitrogens with two attached hydrogens (primary N) is 1. The van der Waals surface area contributed by atoms with Crippen LogP contribution in [-0.4, -0.2) is 44.0 Å². The Balaban J connectivity index is 2.39. The number of aromatic nitrogens is 2. The maximum Gasteiger partial charge on any atom is 0.351 e. The molecule has 0 aliphatic carbocycles. The molecule has 2 heterocycles. The summed E-state index contributed by atoms with van der Waals surface area (Å²) in [6.45, 7) is 1.68. The highest BCUT2D eigenvalue weighted by Gasteiger charge is 2.43. The first kappa shape index (κ1) is 13.3. The molecule has 1 aliphatic rings. The first-order valence-corrected chi connectivity index (χ1v) is 5.92. The zero-order valence-electron chi connectivity index (χ0n) is 9.65. The third-order valence-electron chi connectivity index (χ3n) is 2.94. The molecule has 1 aromatic heterocycles. The third kappa shape index (κ3) is 2.10. The molecule has 7 nitrogen and oxygen atoms in total. The normalized spacial score (nSPS) is 31.8. The monoisotopic (exact) mass is 275 g/mol. The number of nitrogens with zero attached hydrogens (tertiary/aromatic N) is 2. The van der Waals surface area contributed by atoms with Crippen molar-refractivity contribution in [3.05, 3.63) is 22.2 Å². The number of aliphatic hydroxyl groups is 2. The van der Waals surface area contributed by atoms with Crippen molar-refractivity contribution in [2.75, 3.05) is 11.6 Å². The molecule has 4 atom stereocenters. The summed E-state index contributed by atoms with van der Waals surface area (Å²) in [7, 11) is 0. The van der Waals surface area contributed by atoms with Crippen LogP contribution in [0.2, 0.25) is 0 Å². The van der Waals surface area contributed by atoms with E-state index in [-0.39, 0.29) is 11.7 Å². The number of hydrogen-bond donors (Lipinski definition) is 3. The van der Waals surface area contributed by atoms with Crippen LogP contribution in [0.15, 0.2) is 11.0 Å². The van der Waals surface area contributed by atoms with Gasteiger partial charge in [-0.3, -0.25) is 4.57 Å². The second-order valence-electron chi connectivity index (χ2n) is 4.20. The summed E-state index contributed by atoms with van der Waals surface area (Å²) in [5, 5.41) is 19.5. The van der Waals surface area contributed by atoms with Gasteiger partial charge in [0.1, 0.15) is 24.1 Å². The Morgan fingerprint density at radius 2 is 2.22 bits per heavy atom. The number of hydrogen-bond acceptors (Lipinski definition) is 6. The lowest BCUT2D eigenvalue weighted by Gasteiger charge is -2.17. The number of aliphatic hydroxyl groups excluding tert-OH is 2. The van der Waals surface area contributed by atoms with Crippen molar-refractivity contribution in [3.8, 4) is 0 Å². The van der Waals surface area contributed by atoms with Crippen LogP contribution in [0.5, 0.6) is 0 Å². The van der Waals surface area contributed by atoms with Crippen LogP contribution >= 0.6 is 11.6 Å². The molecule has 18 heavy (non-hydrogen) atoms. The Kier molecular flexibility index (Phi) is 3.58. The lowest BCUT2D eigenvalue weighted by atomic mass is 10.1. The van der Waals surface area contributed by atoms with E-state index < -0.39 is 30.2 Å². The van der Waals surface area contributed by atoms with E-state index in [2.05, 4.69) is 4.98 Å². The van der Waals surface area contributed by atoms with E-state index in [1.165, 1.54) is 6.20 Å². The zero-order valence-corrected chi connectivity index (χ0v) is 10.4. The summed E-state index contributed by atoms with van der Waals surface area (Å²) in [5.74, 6) is 0.142. The van der Waals surface area contributed by atoms with E-state index in [9.17, 15) is 15.0 Å². The van der Waals surface area contributed by atoms with Crippen molar-refractivity contribution < 1.29 is 14.9 Å².